The van der Waals surface area contributed by atoms with Crippen molar-refractivity contribution in [3.05, 3.63) is 70.7 Å². The summed E-state index contributed by atoms with van der Waals surface area (Å²) in [6, 6.07) is 11.7. The zero-order chi connectivity index (χ0) is 16.7. The van der Waals surface area contributed by atoms with Crippen LogP contribution in [0.2, 0.25) is 0 Å². The smallest absolute Gasteiger partial charge is 0.275 e. The summed E-state index contributed by atoms with van der Waals surface area (Å²) in [4.78, 5) is 11.9. The first-order valence-corrected chi connectivity index (χ1v) is 7.55. The first kappa shape index (κ1) is 16.8. The largest absolute Gasteiger partial charge is 0.507 e. The molecule has 2 aromatic rings. The van der Waals surface area contributed by atoms with E-state index in [0.717, 1.165) is 10.0 Å². The van der Waals surface area contributed by atoms with Gasteiger partial charge in [-0.3, -0.25) is 4.79 Å². The zero-order valence-electron chi connectivity index (χ0n) is 12.2. The lowest BCUT2D eigenvalue weighted by Crippen LogP contribution is -2.17. The number of para-hydroxylation sites is 1. The number of aromatic hydroxyl groups is 1. The molecule has 6 heteroatoms. The van der Waals surface area contributed by atoms with Crippen molar-refractivity contribution in [2.75, 3.05) is 6.61 Å². The van der Waals surface area contributed by atoms with Crippen LogP contribution in [-0.4, -0.2) is 23.8 Å². The van der Waals surface area contributed by atoms with Gasteiger partial charge in [-0.15, -0.1) is 0 Å². The molecule has 0 atom stereocenters. The number of nitrogens with zero attached hydrogens (tertiary/aromatic N) is 1. The van der Waals surface area contributed by atoms with Crippen LogP contribution in [0.3, 0.4) is 0 Å². The number of nitrogens with one attached hydrogen (secondary N) is 1. The highest BCUT2D eigenvalue weighted by atomic mass is 79.9. The van der Waals surface area contributed by atoms with E-state index in [9.17, 15) is 9.90 Å². The second-order valence-corrected chi connectivity index (χ2v) is 5.36. The minimum Gasteiger partial charge on any atom is -0.507 e. The predicted molar refractivity (Wildman–Crippen MR) is 93.0 cm³/mol. The molecule has 2 aromatic carbocycles. The van der Waals surface area contributed by atoms with Crippen LogP contribution in [0.15, 0.2) is 64.7 Å². The monoisotopic (exact) mass is 374 g/mol. The number of carbonyl (C=O) groups excluding carboxylic acids is 1. The van der Waals surface area contributed by atoms with Gasteiger partial charge in [-0.25, -0.2) is 5.43 Å². The van der Waals surface area contributed by atoms with E-state index in [0.29, 0.717) is 12.4 Å². The van der Waals surface area contributed by atoms with Crippen LogP contribution >= 0.6 is 15.9 Å². The van der Waals surface area contributed by atoms with Gasteiger partial charge in [0.1, 0.15) is 18.1 Å². The van der Waals surface area contributed by atoms with Gasteiger partial charge in [0.05, 0.1) is 16.3 Å². The summed E-state index contributed by atoms with van der Waals surface area (Å²) in [6.07, 6.45) is 3.16. The Morgan fingerprint density at radius 3 is 2.83 bits per heavy atom. The number of amides is 1. The van der Waals surface area contributed by atoms with E-state index in [1.54, 1.807) is 30.3 Å². The molecule has 0 aromatic heterocycles. The number of hydrogen-bond acceptors (Lipinski definition) is 4. The first-order chi connectivity index (χ1) is 11.1. The van der Waals surface area contributed by atoms with E-state index in [4.69, 9.17) is 4.74 Å². The molecule has 0 heterocycles. The maximum absolute atomic E-state index is 11.9. The second kappa shape index (κ2) is 8.14. The molecule has 2 N–H and O–H groups in total. The Hall–Kier alpha value is -2.60. The van der Waals surface area contributed by atoms with Crippen molar-refractivity contribution in [1.29, 1.82) is 0 Å². The lowest BCUT2D eigenvalue weighted by atomic mass is 10.2. The quantitative estimate of drug-likeness (QED) is 0.461. The number of phenolic OH excluding ortho intramolecular Hbond substituents is 1. The average Bonchev–Trinajstić information content (AvgIpc) is 2.54. The van der Waals surface area contributed by atoms with Crippen molar-refractivity contribution < 1.29 is 14.6 Å². The lowest BCUT2D eigenvalue weighted by Gasteiger charge is -2.06. The summed E-state index contributed by atoms with van der Waals surface area (Å²) in [6.45, 7) is 4.01. The molecule has 0 fully saturated rings. The number of hydrazone groups is 1. The predicted octanol–water partition coefficient (Wildman–Crippen LogP) is 3.48. The maximum atomic E-state index is 11.9. The third-order valence-corrected chi connectivity index (χ3v) is 3.46. The van der Waals surface area contributed by atoms with Crippen LogP contribution in [0.4, 0.5) is 0 Å². The first-order valence-electron chi connectivity index (χ1n) is 6.76. The summed E-state index contributed by atoms with van der Waals surface area (Å²) in [5.41, 5.74) is 3.31. The van der Waals surface area contributed by atoms with Crippen LogP contribution in [0.1, 0.15) is 15.9 Å². The Balaban J connectivity index is 2.00. The summed E-state index contributed by atoms with van der Waals surface area (Å²) in [5, 5.41) is 13.5. The van der Waals surface area contributed by atoms with Gasteiger partial charge >= 0.3 is 0 Å². The zero-order valence-corrected chi connectivity index (χ0v) is 13.8. The van der Waals surface area contributed by atoms with Gasteiger partial charge < -0.3 is 9.84 Å². The fourth-order valence-electron chi connectivity index (χ4n) is 1.75. The molecule has 118 valence electrons. The van der Waals surface area contributed by atoms with Crippen LogP contribution in [0, 0.1) is 0 Å². The van der Waals surface area contributed by atoms with Crippen LogP contribution in [0.25, 0.3) is 0 Å². The van der Waals surface area contributed by atoms with Gasteiger partial charge in [-0.05, 0) is 51.8 Å². The van der Waals surface area contributed by atoms with Crippen molar-refractivity contribution >= 4 is 28.1 Å². The highest BCUT2D eigenvalue weighted by Gasteiger charge is 2.08. The van der Waals surface area contributed by atoms with Crippen LogP contribution in [0.5, 0.6) is 11.5 Å². The van der Waals surface area contributed by atoms with Gasteiger partial charge in [-0.2, -0.15) is 5.10 Å². The fourth-order valence-corrected chi connectivity index (χ4v) is 2.27. The van der Waals surface area contributed by atoms with E-state index in [1.807, 2.05) is 6.07 Å². The van der Waals surface area contributed by atoms with E-state index >= 15 is 0 Å². The molecule has 1 amide bonds. The number of hydrogen-bond donors (Lipinski definition) is 2. The van der Waals surface area contributed by atoms with Gasteiger partial charge in [0, 0.05) is 0 Å². The number of carbonyl (C=O) groups is 1. The molecule has 0 radical (unpaired) electrons. The Kier molecular flexibility index (Phi) is 5.94. The minimum absolute atomic E-state index is 0.0911. The lowest BCUT2D eigenvalue weighted by molar-refractivity contribution is 0.0952. The maximum Gasteiger partial charge on any atom is 0.275 e. The van der Waals surface area contributed by atoms with E-state index in [2.05, 4.69) is 33.0 Å². The Bertz CT molecular complexity index is 744. The fraction of sp³-hybridized carbons (Fsp3) is 0.0588. The van der Waals surface area contributed by atoms with E-state index in [1.165, 1.54) is 18.3 Å². The highest BCUT2D eigenvalue weighted by Crippen LogP contribution is 2.25. The van der Waals surface area contributed by atoms with Gasteiger partial charge in [-0.1, -0.05) is 24.8 Å². The van der Waals surface area contributed by atoms with E-state index in [-0.39, 0.29) is 11.3 Å². The van der Waals surface area contributed by atoms with Crippen molar-refractivity contribution in [3.8, 4) is 11.5 Å². The van der Waals surface area contributed by atoms with Crippen molar-refractivity contribution in [2.45, 2.75) is 0 Å². The number of benzene rings is 2. The normalized spacial score (nSPS) is 10.5. The third-order valence-electron chi connectivity index (χ3n) is 2.84. The minimum atomic E-state index is -0.482. The molecule has 0 aliphatic heterocycles. The number of rotatable bonds is 6. The molecule has 0 unspecified atom stereocenters. The average molecular weight is 375 g/mol. The summed E-state index contributed by atoms with van der Waals surface area (Å²) in [7, 11) is 0. The summed E-state index contributed by atoms with van der Waals surface area (Å²) >= 11 is 3.40. The topological polar surface area (TPSA) is 70.9 Å². The second-order valence-electron chi connectivity index (χ2n) is 4.51. The number of halogens is 1. The standard InChI is InChI=1S/C17H15BrN2O3/c1-2-9-23-16-8-7-12(10-14(16)18)11-19-20-17(22)13-5-3-4-6-15(13)21/h2-8,10-11,21H,1,9H2,(H,20,22). The van der Waals surface area contributed by atoms with Crippen molar-refractivity contribution in [2.24, 2.45) is 5.10 Å². The summed E-state index contributed by atoms with van der Waals surface area (Å²) in [5.74, 6) is 0.122. The van der Waals surface area contributed by atoms with Gasteiger partial charge in [0.2, 0.25) is 0 Å². The molecular formula is C17H15BrN2O3. The van der Waals surface area contributed by atoms with Gasteiger partial charge in [0.15, 0.2) is 0 Å². The van der Waals surface area contributed by atoms with Crippen LogP contribution < -0.4 is 10.2 Å². The molecule has 0 saturated heterocycles. The van der Waals surface area contributed by atoms with Crippen LogP contribution in [-0.2, 0) is 0 Å². The van der Waals surface area contributed by atoms with Gasteiger partial charge in [0.25, 0.3) is 5.91 Å². The molecule has 0 saturated carbocycles. The SMILES string of the molecule is C=CCOc1ccc(C=NNC(=O)c2ccccc2O)cc1Br. The molecular weight excluding hydrogens is 360 g/mol. The number of ether oxygens (including phenoxy) is 1. The molecule has 0 spiro atoms. The molecule has 0 aliphatic rings. The molecule has 23 heavy (non-hydrogen) atoms. The molecule has 2 rings (SSSR count). The highest BCUT2D eigenvalue weighted by molar-refractivity contribution is 9.10. The van der Waals surface area contributed by atoms with Crippen molar-refractivity contribution in [3.63, 3.8) is 0 Å². The Morgan fingerprint density at radius 1 is 1.35 bits per heavy atom. The summed E-state index contributed by atoms with van der Waals surface area (Å²) < 4.78 is 6.22. The molecule has 5 nitrogen and oxygen atoms in total. The molecule has 0 aliphatic carbocycles. The Labute approximate surface area is 142 Å². The van der Waals surface area contributed by atoms with E-state index < -0.39 is 5.91 Å². The molecule has 0 bridgehead atoms. The third kappa shape index (κ3) is 4.69. The Morgan fingerprint density at radius 2 is 2.13 bits per heavy atom. The number of phenols is 1. The van der Waals surface area contributed by atoms with Crippen molar-refractivity contribution in [1.82, 2.24) is 5.43 Å².